The largest absolute Gasteiger partial charge is 0.330 e. The van der Waals surface area contributed by atoms with E-state index in [1.807, 2.05) is 6.08 Å². The predicted molar refractivity (Wildman–Crippen MR) is 123 cm³/mol. The number of benzene rings is 1. The van der Waals surface area contributed by atoms with E-state index in [4.69, 9.17) is 17.3 Å². The third-order valence-electron chi connectivity index (χ3n) is 7.66. The van der Waals surface area contributed by atoms with Gasteiger partial charge in [0.25, 0.3) is 0 Å². The van der Waals surface area contributed by atoms with E-state index < -0.39 is 0 Å². The number of nitrogens with zero attached hydrogens (tertiary/aromatic N) is 2. The van der Waals surface area contributed by atoms with Crippen molar-refractivity contribution in [1.82, 2.24) is 9.80 Å². The second kappa shape index (κ2) is 9.78. The predicted octanol–water partition coefficient (Wildman–Crippen LogP) is 4.43. The van der Waals surface area contributed by atoms with Gasteiger partial charge >= 0.3 is 0 Å². The van der Waals surface area contributed by atoms with Crippen molar-refractivity contribution in [2.75, 3.05) is 39.3 Å². The highest BCUT2D eigenvalue weighted by Crippen LogP contribution is 2.47. The van der Waals surface area contributed by atoms with Gasteiger partial charge in [0.2, 0.25) is 0 Å². The van der Waals surface area contributed by atoms with E-state index in [-0.39, 0.29) is 5.41 Å². The molecule has 1 atom stereocenters. The van der Waals surface area contributed by atoms with Gasteiger partial charge in [0.05, 0.1) is 0 Å². The molecular formula is C25H36ClN3. The molecule has 3 aliphatic rings. The van der Waals surface area contributed by atoms with Crippen LogP contribution in [0.5, 0.6) is 0 Å². The highest BCUT2D eigenvalue weighted by atomic mass is 35.5. The number of rotatable bonds is 6. The van der Waals surface area contributed by atoms with Gasteiger partial charge in [-0.2, -0.15) is 0 Å². The molecule has 1 unspecified atom stereocenters. The molecule has 0 radical (unpaired) electrons. The maximum absolute atomic E-state index is 6.33. The molecule has 0 spiro atoms. The summed E-state index contributed by atoms with van der Waals surface area (Å²) in [4.78, 5) is 5.39. The molecule has 1 aromatic carbocycles. The fourth-order valence-corrected chi connectivity index (χ4v) is 5.85. The van der Waals surface area contributed by atoms with Gasteiger partial charge in [-0.25, -0.2) is 0 Å². The fourth-order valence-electron chi connectivity index (χ4n) is 5.61. The first-order valence-electron chi connectivity index (χ1n) is 11.4. The summed E-state index contributed by atoms with van der Waals surface area (Å²) in [5.41, 5.74) is 8.02. The van der Waals surface area contributed by atoms with Crippen molar-refractivity contribution in [2.45, 2.75) is 44.6 Å². The van der Waals surface area contributed by atoms with E-state index >= 15 is 0 Å². The third kappa shape index (κ3) is 5.14. The molecule has 4 rings (SSSR count). The van der Waals surface area contributed by atoms with Crippen LogP contribution in [0, 0.1) is 11.3 Å². The molecular weight excluding hydrogens is 378 g/mol. The molecule has 0 amide bonds. The van der Waals surface area contributed by atoms with Gasteiger partial charge in [0.15, 0.2) is 0 Å². The Labute approximate surface area is 181 Å². The first-order chi connectivity index (χ1) is 14.2. The molecule has 0 aromatic heterocycles. The van der Waals surface area contributed by atoms with Crippen LogP contribution in [0.1, 0.15) is 37.7 Å². The number of halogens is 1. The summed E-state index contributed by atoms with van der Waals surface area (Å²) < 4.78 is 0. The Balaban J connectivity index is 1.23. The Morgan fingerprint density at radius 1 is 1.03 bits per heavy atom. The summed E-state index contributed by atoms with van der Waals surface area (Å²) in [6.45, 7) is 6.81. The van der Waals surface area contributed by atoms with Crippen molar-refractivity contribution in [2.24, 2.45) is 17.1 Å². The van der Waals surface area contributed by atoms with E-state index in [0.717, 1.165) is 30.5 Å². The molecule has 2 aliphatic carbocycles. The summed E-state index contributed by atoms with van der Waals surface area (Å²) in [5, 5.41) is 0.985. The van der Waals surface area contributed by atoms with Crippen LogP contribution in [-0.4, -0.2) is 55.1 Å². The van der Waals surface area contributed by atoms with Crippen LogP contribution in [0.4, 0.5) is 0 Å². The first kappa shape index (κ1) is 21.1. The van der Waals surface area contributed by atoms with Gasteiger partial charge in [-0.15, -0.1) is 0 Å². The molecule has 0 bridgehead atoms. The SMILES string of the molecule is NCC1(C2C=CC=C(Cl)C2)CCC(N2CCN(CCc3ccccc3)CC2)CC1. The molecule has 158 valence electrons. The van der Waals surface area contributed by atoms with E-state index in [2.05, 4.69) is 52.3 Å². The van der Waals surface area contributed by atoms with Gasteiger partial charge < -0.3 is 10.6 Å². The third-order valence-corrected chi connectivity index (χ3v) is 7.94. The normalized spacial score (nSPS) is 31.6. The highest BCUT2D eigenvalue weighted by molar-refractivity contribution is 6.29. The van der Waals surface area contributed by atoms with Crippen molar-refractivity contribution >= 4 is 11.6 Å². The Kier molecular flexibility index (Phi) is 7.12. The molecule has 4 heteroatoms. The molecule has 1 aromatic rings. The second-order valence-electron chi connectivity index (χ2n) is 9.22. The molecule has 2 N–H and O–H groups in total. The summed E-state index contributed by atoms with van der Waals surface area (Å²) in [7, 11) is 0. The zero-order valence-corrected chi connectivity index (χ0v) is 18.4. The summed E-state index contributed by atoms with van der Waals surface area (Å²) in [6.07, 6.45) is 13.7. The van der Waals surface area contributed by atoms with Crippen LogP contribution in [-0.2, 0) is 6.42 Å². The quantitative estimate of drug-likeness (QED) is 0.748. The number of hydrogen-bond donors (Lipinski definition) is 1. The van der Waals surface area contributed by atoms with Crippen molar-refractivity contribution in [3.63, 3.8) is 0 Å². The second-order valence-corrected chi connectivity index (χ2v) is 9.71. The van der Waals surface area contributed by atoms with Crippen LogP contribution in [0.25, 0.3) is 0 Å². The maximum Gasteiger partial charge on any atom is 0.0186 e. The minimum Gasteiger partial charge on any atom is -0.330 e. The minimum atomic E-state index is 0.249. The van der Waals surface area contributed by atoms with Crippen molar-refractivity contribution in [1.29, 1.82) is 0 Å². The fraction of sp³-hybridized carbons (Fsp3) is 0.600. The zero-order chi connectivity index (χ0) is 20.1. The lowest BCUT2D eigenvalue weighted by Gasteiger charge is -2.48. The van der Waals surface area contributed by atoms with Gasteiger partial charge in [-0.3, -0.25) is 4.90 Å². The number of piperazine rings is 1. The van der Waals surface area contributed by atoms with Crippen LogP contribution in [0.15, 0.2) is 53.6 Å². The van der Waals surface area contributed by atoms with Crippen LogP contribution in [0.2, 0.25) is 0 Å². The minimum absolute atomic E-state index is 0.249. The van der Waals surface area contributed by atoms with Crippen LogP contribution < -0.4 is 5.73 Å². The molecule has 1 saturated heterocycles. The molecule has 1 aliphatic heterocycles. The van der Waals surface area contributed by atoms with Crippen molar-refractivity contribution in [3.05, 3.63) is 59.2 Å². The van der Waals surface area contributed by atoms with Crippen LogP contribution in [0.3, 0.4) is 0 Å². The van der Waals surface area contributed by atoms with E-state index in [9.17, 15) is 0 Å². The highest BCUT2D eigenvalue weighted by Gasteiger charge is 2.41. The number of nitrogens with two attached hydrogens (primary N) is 1. The van der Waals surface area contributed by atoms with Gasteiger partial charge in [0.1, 0.15) is 0 Å². The summed E-state index contributed by atoms with van der Waals surface area (Å²) in [5.74, 6) is 0.515. The summed E-state index contributed by atoms with van der Waals surface area (Å²) in [6, 6.07) is 11.6. The molecule has 1 heterocycles. The van der Waals surface area contributed by atoms with Crippen molar-refractivity contribution in [3.8, 4) is 0 Å². The maximum atomic E-state index is 6.33. The van der Waals surface area contributed by atoms with Crippen molar-refractivity contribution < 1.29 is 0 Å². The topological polar surface area (TPSA) is 32.5 Å². The summed E-state index contributed by atoms with van der Waals surface area (Å²) >= 11 is 6.33. The Morgan fingerprint density at radius 3 is 2.41 bits per heavy atom. The van der Waals surface area contributed by atoms with Gasteiger partial charge in [0, 0.05) is 43.8 Å². The number of hydrogen-bond acceptors (Lipinski definition) is 3. The smallest absolute Gasteiger partial charge is 0.0186 e. The first-order valence-corrected chi connectivity index (χ1v) is 11.8. The zero-order valence-electron chi connectivity index (χ0n) is 17.6. The van der Waals surface area contributed by atoms with E-state index in [1.165, 1.54) is 64.0 Å². The van der Waals surface area contributed by atoms with Gasteiger partial charge in [-0.1, -0.05) is 54.1 Å². The average molecular weight is 414 g/mol. The molecule has 3 nitrogen and oxygen atoms in total. The lowest BCUT2D eigenvalue weighted by Crippen LogP contribution is -2.53. The monoisotopic (exact) mass is 413 g/mol. The molecule has 1 saturated carbocycles. The standard InChI is InChI=1S/C25H36ClN3/c26-23-8-4-7-22(19-23)25(20-27)12-9-24(10-13-25)29-17-15-28(16-18-29)14-11-21-5-2-1-3-6-21/h1-8,22,24H,9-20,27H2. The molecule has 2 fully saturated rings. The van der Waals surface area contributed by atoms with Crippen LogP contribution >= 0.6 is 11.6 Å². The Bertz CT molecular complexity index is 698. The number of allylic oxidation sites excluding steroid dienone is 4. The van der Waals surface area contributed by atoms with Gasteiger partial charge in [-0.05, 0) is 68.0 Å². The Hall–Kier alpha value is -1.13. The average Bonchev–Trinajstić information content (AvgIpc) is 2.79. The lowest BCUT2D eigenvalue weighted by molar-refractivity contribution is 0.0361. The van der Waals surface area contributed by atoms with E-state index in [0.29, 0.717) is 5.92 Å². The Morgan fingerprint density at radius 2 is 1.76 bits per heavy atom. The lowest BCUT2D eigenvalue weighted by atomic mass is 9.63. The van der Waals surface area contributed by atoms with E-state index in [1.54, 1.807) is 0 Å². The molecule has 29 heavy (non-hydrogen) atoms.